The van der Waals surface area contributed by atoms with Gasteiger partial charge in [-0.2, -0.15) is 5.10 Å². The highest BCUT2D eigenvalue weighted by Gasteiger charge is 1.97. The summed E-state index contributed by atoms with van der Waals surface area (Å²) in [6, 6.07) is 3.38. The molecule has 3 N–H and O–H groups in total. The van der Waals surface area contributed by atoms with Crippen LogP contribution in [0.25, 0.3) is 0 Å². The molecular weight excluding hydrogens is 194 g/mol. The van der Waals surface area contributed by atoms with Crippen LogP contribution in [0.2, 0.25) is 0 Å². The summed E-state index contributed by atoms with van der Waals surface area (Å²) in [5.74, 6) is 0.961. The van der Waals surface area contributed by atoms with Crippen molar-refractivity contribution in [1.82, 2.24) is 25.5 Å². The van der Waals surface area contributed by atoms with Crippen molar-refractivity contribution < 1.29 is 5.11 Å². The van der Waals surface area contributed by atoms with Crippen molar-refractivity contribution in [2.24, 2.45) is 0 Å². The highest BCUT2D eigenvalue weighted by Crippen LogP contribution is 2.05. The number of pyridine rings is 1. The number of aromatic hydroxyl groups is 1. The first-order valence-corrected chi connectivity index (χ1v) is 4.53. The van der Waals surface area contributed by atoms with E-state index in [0.717, 1.165) is 11.5 Å². The molecule has 0 aliphatic rings. The minimum absolute atomic E-state index is 0.175. The van der Waals surface area contributed by atoms with Crippen molar-refractivity contribution in [3.05, 3.63) is 36.2 Å². The number of hydrogen-bond acceptors (Lipinski definition) is 5. The lowest BCUT2D eigenvalue weighted by atomic mass is 10.3. The Morgan fingerprint density at radius 2 is 2.20 bits per heavy atom. The second-order valence-corrected chi connectivity index (χ2v) is 3.04. The number of aromatic amines is 1. The van der Waals surface area contributed by atoms with Crippen molar-refractivity contribution in [3.63, 3.8) is 0 Å². The van der Waals surface area contributed by atoms with Gasteiger partial charge in [0.25, 0.3) is 0 Å². The van der Waals surface area contributed by atoms with Gasteiger partial charge in [0, 0.05) is 6.54 Å². The Hall–Kier alpha value is -1.95. The van der Waals surface area contributed by atoms with E-state index in [1.807, 2.05) is 0 Å². The van der Waals surface area contributed by atoms with Crippen LogP contribution >= 0.6 is 0 Å². The van der Waals surface area contributed by atoms with Crippen LogP contribution in [0.3, 0.4) is 0 Å². The Bertz CT molecular complexity index is 397. The summed E-state index contributed by atoms with van der Waals surface area (Å²) < 4.78 is 0. The van der Waals surface area contributed by atoms with Crippen LogP contribution in [-0.2, 0) is 13.1 Å². The molecule has 2 heterocycles. The minimum Gasteiger partial charge on any atom is -0.506 e. The Labute approximate surface area is 86.4 Å². The van der Waals surface area contributed by atoms with Crippen LogP contribution < -0.4 is 5.32 Å². The van der Waals surface area contributed by atoms with Gasteiger partial charge in [-0.25, -0.2) is 4.98 Å². The van der Waals surface area contributed by atoms with Crippen molar-refractivity contribution in [1.29, 1.82) is 0 Å². The first-order valence-electron chi connectivity index (χ1n) is 4.53. The molecule has 0 bridgehead atoms. The van der Waals surface area contributed by atoms with E-state index >= 15 is 0 Å². The maximum Gasteiger partial charge on any atom is 0.138 e. The molecule has 6 nitrogen and oxygen atoms in total. The van der Waals surface area contributed by atoms with Crippen molar-refractivity contribution in [2.45, 2.75) is 13.1 Å². The quantitative estimate of drug-likeness (QED) is 0.663. The van der Waals surface area contributed by atoms with Crippen molar-refractivity contribution in [3.8, 4) is 5.75 Å². The van der Waals surface area contributed by atoms with Crippen LogP contribution in [0.4, 0.5) is 0 Å². The Morgan fingerprint density at radius 3 is 2.87 bits per heavy atom. The predicted molar refractivity (Wildman–Crippen MR) is 52.8 cm³/mol. The minimum atomic E-state index is 0.175. The second kappa shape index (κ2) is 4.52. The molecule has 15 heavy (non-hydrogen) atoms. The molecule has 78 valence electrons. The molecule has 0 saturated carbocycles. The predicted octanol–water partition coefficient (Wildman–Crippen LogP) is 0.195. The van der Waals surface area contributed by atoms with Crippen LogP contribution in [-0.4, -0.2) is 25.3 Å². The second-order valence-electron chi connectivity index (χ2n) is 3.04. The summed E-state index contributed by atoms with van der Waals surface area (Å²) in [6.45, 7) is 1.24. The zero-order valence-electron chi connectivity index (χ0n) is 8.01. The zero-order valence-corrected chi connectivity index (χ0v) is 8.01. The van der Waals surface area contributed by atoms with Crippen LogP contribution in [0, 0.1) is 0 Å². The number of nitrogens with zero attached hydrogens (tertiary/aromatic N) is 3. The summed E-state index contributed by atoms with van der Waals surface area (Å²) in [4.78, 5) is 8.01. The topological polar surface area (TPSA) is 86.7 Å². The third kappa shape index (κ3) is 2.75. The van der Waals surface area contributed by atoms with Crippen LogP contribution in [0.15, 0.2) is 24.7 Å². The van der Waals surface area contributed by atoms with Crippen molar-refractivity contribution in [2.75, 3.05) is 0 Å². The first-order chi connectivity index (χ1) is 7.34. The molecule has 0 aromatic carbocycles. The van der Waals surface area contributed by atoms with Gasteiger partial charge in [0.05, 0.1) is 18.4 Å². The lowest BCUT2D eigenvalue weighted by Crippen LogP contribution is -2.14. The maximum absolute atomic E-state index is 9.03. The molecule has 0 aliphatic carbocycles. The summed E-state index contributed by atoms with van der Waals surface area (Å²) in [5, 5.41) is 18.7. The Balaban J connectivity index is 1.81. The Kier molecular flexibility index (Phi) is 2.89. The van der Waals surface area contributed by atoms with E-state index in [1.165, 1.54) is 12.5 Å². The molecular formula is C9H11N5O. The average molecular weight is 205 g/mol. The Morgan fingerprint density at radius 1 is 1.27 bits per heavy atom. The van der Waals surface area contributed by atoms with Gasteiger partial charge in [0.15, 0.2) is 0 Å². The summed E-state index contributed by atoms with van der Waals surface area (Å²) in [7, 11) is 0. The third-order valence-electron chi connectivity index (χ3n) is 1.87. The smallest absolute Gasteiger partial charge is 0.138 e. The average Bonchev–Trinajstić information content (AvgIpc) is 2.74. The fraction of sp³-hybridized carbons (Fsp3) is 0.222. The van der Waals surface area contributed by atoms with E-state index in [-0.39, 0.29) is 5.75 Å². The molecule has 2 aromatic heterocycles. The fourth-order valence-corrected chi connectivity index (χ4v) is 1.15. The lowest BCUT2D eigenvalue weighted by Gasteiger charge is -2.01. The molecule has 0 radical (unpaired) electrons. The van der Waals surface area contributed by atoms with E-state index in [2.05, 4.69) is 25.5 Å². The largest absolute Gasteiger partial charge is 0.506 e. The number of aromatic nitrogens is 4. The molecule has 2 aromatic rings. The molecule has 0 saturated heterocycles. The highest BCUT2D eigenvalue weighted by atomic mass is 16.3. The molecule has 0 spiro atoms. The van der Waals surface area contributed by atoms with Gasteiger partial charge in [0.1, 0.15) is 17.9 Å². The number of H-pyrrole nitrogens is 1. The molecule has 0 unspecified atom stereocenters. The van der Waals surface area contributed by atoms with Gasteiger partial charge >= 0.3 is 0 Å². The highest BCUT2D eigenvalue weighted by molar-refractivity contribution is 5.17. The van der Waals surface area contributed by atoms with Gasteiger partial charge in [-0.1, -0.05) is 0 Å². The van der Waals surface area contributed by atoms with Gasteiger partial charge in [-0.05, 0) is 12.1 Å². The van der Waals surface area contributed by atoms with Crippen molar-refractivity contribution >= 4 is 0 Å². The van der Waals surface area contributed by atoms with Crippen LogP contribution in [0.5, 0.6) is 5.75 Å². The van der Waals surface area contributed by atoms with E-state index in [1.54, 1.807) is 12.1 Å². The van der Waals surface area contributed by atoms with E-state index in [4.69, 9.17) is 5.11 Å². The molecule has 0 atom stereocenters. The molecule has 0 fully saturated rings. The zero-order chi connectivity index (χ0) is 10.5. The standard InChI is InChI=1S/C9H11N5O/c15-8-2-1-7(11-4-8)3-10-5-9-12-6-13-14-9/h1-2,4,6,10,15H,3,5H2,(H,12,13,14). The van der Waals surface area contributed by atoms with Gasteiger partial charge < -0.3 is 10.4 Å². The number of rotatable bonds is 4. The molecule has 6 heteroatoms. The van der Waals surface area contributed by atoms with Gasteiger partial charge in [-0.15, -0.1) is 0 Å². The first kappa shape index (κ1) is 9.60. The van der Waals surface area contributed by atoms with E-state index in [0.29, 0.717) is 13.1 Å². The van der Waals surface area contributed by atoms with E-state index < -0.39 is 0 Å². The third-order valence-corrected chi connectivity index (χ3v) is 1.87. The van der Waals surface area contributed by atoms with Gasteiger partial charge in [-0.3, -0.25) is 10.1 Å². The summed E-state index contributed by atoms with van der Waals surface area (Å²) >= 11 is 0. The SMILES string of the molecule is Oc1ccc(CNCc2ncn[nH]2)nc1. The molecule has 0 aliphatic heterocycles. The summed E-state index contributed by atoms with van der Waals surface area (Å²) in [5.41, 5.74) is 0.868. The van der Waals surface area contributed by atoms with E-state index in [9.17, 15) is 0 Å². The molecule has 0 amide bonds. The summed E-state index contributed by atoms with van der Waals surface area (Å²) in [6.07, 6.45) is 2.89. The van der Waals surface area contributed by atoms with Crippen LogP contribution in [0.1, 0.15) is 11.5 Å². The molecule has 2 rings (SSSR count). The lowest BCUT2D eigenvalue weighted by molar-refractivity contribution is 0.471. The van der Waals surface area contributed by atoms with Gasteiger partial charge in [0.2, 0.25) is 0 Å². The fourth-order valence-electron chi connectivity index (χ4n) is 1.15. The number of nitrogens with one attached hydrogen (secondary N) is 2. The normalized spacial score (nSPS) is 10.4. The monoisotopic (exact) mass is 205 g/mol. The maximum atomic E-state index is 9.03. The number of hydrogen-bond donors (Lipinski definition) is 3.